The van der Waals surface area contributed by atoms with Gasteiger partial charge in [-0.25, -0.2) is 0 Å². The highest BCUT2D eigenvalue weighted by Gasteiger charge is 2.16. The third-order valence-corrected chi connectivity index (χ3v) is 2.84. The third-order valence-electron chi connectivity index (χ3n) is 2.64. The van der Waals surface area contributed by atoms with Gasteiger partial charge in [0.1, 0.15) is 0 Å². The first kappa shape index (κ1) is 11.9. The van der Waals surface area contributed by atoms with Crippen LogP contribution in [0.1, 0.15) is 17.3 Å². The molecule has 2 rings (SSSR count). The van der Waals surface area contributed by atoms with E-state index in [0.29, 0.717) is 5.56 Å². The Balaban J connectivity index is 2.52. The van der Waals surface area contributed by atoms with E-state index in [1.807, 2.05) is 54.6 Å². The molecular formula is C15H13ClO. The summed E-state index contributed by atoms with van der Waals surface area (Å²) in [6.07, 6.45) is 0. The van der Waals surface area contributed by atoms with Gasteiger partial charge in [0.05, 0.1) is 5.38 Å². The van der Waals surface area contributed by atoms with E-state index in [0.717, 1.165) is 11.1 Å². The number of ketones is 1. The Kier molecular flexibility index (Phi) is 3.60. The standard InChI is InChI=1S/C15H13ClO/c1-11(16)15(17)14-10-6-5-9-13(14)12-7-3-2-4-8-12/h2-11H,1H3. The highest BCUT2D eigenvalue weighted by atomic mass is 35.5. The highest BCUT2D eigenvalue weighted by molar-refractivity contribution is 6.34. The first-order chi connectivity index (χ1) is 8.20. The van der Waals surface area contributed by atoms with Gasteiger partial charge in [0.15, 0.2) is 5.78 Å². The maximum absolute atomic E-state index is 12.0. The summed E-state index contributed by atoms with van der Waals surface area (Å²) in [6.45, 7) is 1.70. The number of hydrogen-bond acceptors (Lipinski definition) is 1. The SMILES string of the molecule is CC(Cl)C(=O)c1ccccc1-c1ccccc1. The molecule has 1 unspecified atom stereocenters. The zero-order chi connectivity index (χ0) is 12.3. The average Bonchev–Trinajstić information content (AvgIpc) is 2.39. The molecule has 86 valence electrons. The Morgan fingerprint density at radius 2 is 1.59 bits per heavy atom. The molecule has 0 N–H and O–H groups in total. The number of Topliss-reactive ketones (excluding diaryl/α,β-unsaturated/α-hetero) is 1. The van der Waals surface area contributed by atoms with Gasteiger partial charge >= 0.3 is 0 Å². The number of carbonyl (C=O) groups is 1. The van der Waals surface area contributed by atoms with Crippen molar-refractivity contribution in [3.8, 4) is 11.1 Å². The van der Waals surface area contributed by atoms with Crippen molar-refractivity contribution in [2.75, 3.05) is 0 Å². The predicted octanol–water partition coefficient (Wildman–Crippen LogP) is 4.16. The normalized spacial score (nSPS) is 12.1. The van der Waals surface area contributed by atoms with Crippen molar-refractivity contribution < 1.29 is 4.79 Å². The Hall–Kier alpha value is -1.60. The van der Waals surface area contributed by atoms with Gasteiger partial charge in [-0.1, -0.05) is 54.6 Å². The van der Waals surface area contributed by atoms with Crippen LogP contribution in [0.25, 0.3) is 11.1 Å². The maximum Gasteiger partial charge on any atom is 0.180 e. The van der Waals surface area contributed by atoms with Gasteiger partial charge in [-0.3, -0.25) is 4.79 Å². The Morgan fingerprint density at radius 1 is 1.00 bits per heavy atom. The topological polar surface area (TPSA) is 17.1 Å². The molecule has 0 saturated heterocycles. The quantitative estimate of drug-likeness (QED) is 0.585. The van der Waals surface area contributed by atoms with Gasteiger partial charge in [-0.15, -0.1) is 11.6 Å². The molecule has 0 saturated carbocycles. The fraction of sp³-hybridized carbons (Fsp3) is 0.133. The smallest absolute Gasteiger partial charge is 0.180 e. The van der Waals surface area contributed by atoms with Crippen molar-refractivity contribution >= 4 is 17.4 Å². The van der Waals surface area contributed by atoms with Gasteiger partial charge in [-0.05, 0) is 18.1 Å². The molecule has 0 aromatic heterocycles. The molecule has 0 aliphatic carbocycles. The molecule has 0 fully saturated rings. The maximum atomic E-state index is 12.0. The summed E-state index contributed by atoms with van der Waals surface area (Å²) in [6, 6.07) is 17.4. The van der Waals surface area contributed by atoms with Gasteiger partial charge in [0.25, 0.3) is 0 Å². The molecule has 1 atom stereocenters. The third kappa shape index (κ3) is 2.56. The zero-order valence-corrected chi connectivity index (χ0v) is 10.3. The van der Waals surface area contributed by atoms with Crippen LogP contribution in [-0.4, -0.2) is 11.2 Å². The number of hydrogen-bond donors (Lipinski definition) is 0. The summed E-state index contributed by atoms with van der Waals surface area (Å²) in [4.78, 5) is 12.0. The Morgan fingerprint density at radius 3 is 2.24 bits per heavy atom. The van der Waals surface area contributed by atoms with Crippen LogP contribution in [0.15, 0.2) is 54.6 Å². The van der Waals surface area contributed by atoms with E-state index in [-0.39, 0.29) is 5.78 Å². The summed E-state index contributed by atoms with van der Waals surface area (Å²) in [7, 11) is 0. The van der Waals surface area contributed by atoms with E-state index in [1.54, 1.807) is 6.92 Å². The van der Waals surface area contributed by atoms with E-state index in [2.05, 4.69) is 0 Å². The van der Waals surface area contributed by atoms with Crippen LogP contribution < -0.4 is 0 Å². The molecule has 2 heteroatoms. The molecule has 0 amide bonds. The summed E-state index contributed by atoms with van der Waals surface area (Å²) >= 11 is 5.87. The van der Waals surface area contributed by atoms with Crippen LogP contribution in [0.5, 0.6) is 0 Å². The van der Waals surface area contributed by atoms with Gasteiger partial charge < -0.3 is 0 Å². The number of carbonyl (C=O) groups excluding carboxylic acids is 1. The number of benzene rings is 2. The fourth-order valence-corrected chi connectivity index (χ4v) is 1.90. The predicted molar refractivity (Wildman–Crippen MR) is 71.5 cm³/mol. The van der Waals surface area contributed by atoms with Crippen molar-refractivity contribution in [1.82, 2.24) is 0 Å². The second-order valence-electron chi connectivity index (χ2n) is 3.89. The fourth-order valence-electron chi connectivity index (χ4n) is 1.78. The van der Waals surface area contributed by atoms with E-state index in [9.17, 15) is 4.79 Å². The van der Waals surface area contributed by atoms with E-state index in [4.69, 9.17) is 11.6 Å². The van der Waals surface area contributed by atoms with Crippen LogP contribution in [0.3, 0.4) is 0 Å². The molecule has 0 bridgehead atoms. The van der Waals surface area contributed by atoms with Crippen LogP contribution in [0.2, 0.25) is 0 Å². The van der Waals surface area contributed by atoms with Crippen molar-refractivity contribution in [3.63, 3.8) is 0 Å². The largest absolute Gasteiger partial charge is 0.292 e. The summed E-state index contributed by atoms with van der Waals surface area (Å²) in [5, 5.41) is -0.500. The number of rotatable bonds is 3. The van der Waals surface area contributed by atoms with Crippen molar-refractivity contribution in [2.24, 2.45) is 0 Å². The van der Waals surface area contributed by atoms with Crippen LogP contribution in [0.4, 0.5) is 0 Å². The highest BCUT2D eigenvalue weighted by Crippen LogP contribution is 2.25. The van der Waals surface area contributed by atoms with Crippen molar-refractivity contribution in [1.29, 1.82) is 0 Å². The minimum absolute atomic E-state index is 0.0360. The second-order valence-corrected chi connectivity index (χ2v) is 4.55. The summed E-state index contributed by atoms with van der Waals surface area (Å²) in [5.41, 5.74) is 2.65. The zero-order valence-electron chi connectivity index (χ0n) is 9.56. The van der Waals surface area contributed by atoms with Gasteiger partial charge in [0.2, 0.25) is 0 Å². The van der Waals surface area contributed by atoms with Crippen LogP contribution in [-0.2, 0) is 0 Å². The second kappa shape index (κ2) is 5.15. The lowest BCUT2D eigenvalue weighted by atomic mass is 9.96. The van der Waals surface area contributed by atoms with Crippen molar-refractivity contribution in [3.05, 3.63) is 60.2 Å². The summed E-state index contributed by atoms with van der Waals surface area (Å²) < 4.78 is 0. The lowest BCUT2D eigenvalue weighted by molar-refractivity contribution is 0.0992. The molecule has 2 aromatic carbocycles. The molecule has 0 spiro atoms. The molecule has 0 radical (unpaired) electrons. The number of halogens is 1. The van der Waals surface area contributed by atoms with Gasteiger partial charge in [-0.2, -0.15) is 0 Å². The molecule has 0 aliphatic heterocycles. The molecule has 0 aliphatic rings. The molecule has 0 heterocycles. The average molecular weight is 245 g/mol. The van der Waals surface area contributed by atoms with Crippen molar-refractivity contribution in [2.45, 2.75) is 12.3 Å². The Labute approximate surface area is 106 Å². The van der Waals surface area contributed by atoms with Crippen LogP contribution in [0, 0.1) is 0 Å². The minimum atomic E-state index is -0.500. The lowest BCUT2D eigenvalue weighted by Gasteiger charge is -2.09. The van der Waals surface area contributed by atoms with Gasteiger partial charge in [0, 0.05) is 5.56 Å². The number of alkyl halides is 1. The first-order valence-corrected chi connectivity index (χ1v) is 5.96. The van der Waals surface area contributed by atoms with E-state index >= 15 is 0 Å². The molecule has 1 nitrogen and oxygen atoms in total. The lowest BCUT2D eigenvalue weighted by Crippen LogP contribution is -2.11. The molecule has 17 heavy (non-hydrogen) atoms. The first-order valence-electron chi connectivity index (χ1n) is 5.53. The Bertz CT molecular complexity index is 517. The molecular weight excluding hydrogens is 232 g/mol. The van der Waals surface area contributed by atoms with E-state index in [1.165, 1.54) is 0 Å². The molecule has 2 aromatic rings. The van der Waals surface area contributed by atoms with E-state index < -0.39 is 5.38 Å². The summed E-state index contributed by atoms with van der Waals surface area (Å²) in [5.74, 6) is -0.0360. The monoisotopic (exact) mass is 244 g/mol. The minimum Gasteiger partial charge on any atom is -0.292 e. The van der Waals surface area contributed by atoms with Crippen LogP contribution >= 0.6 is 11.6 Å².